The second-order valence-electron chi connectivity index (χ2n) is 8.58. The molecule has 194 valence electrons. The third-order valence-corrected chi connectivity index (χ3v) is 6.23. The van der Waals surface area contributed by atoms with E-state index in [-0.39, 0.29) is 23.3 Å². The highest BCUT2D eigenvalue weighted by molar-refractivity contribution is 5.98. The van der Waals surface area contributed by atoms with Gasteiger partial charge in [0, 0.05) is 55.8 Å². The molecule has 0 unspecified atom stereocenters. The van der Waals surface area contributed by atoms with E-state index in [0.29, 0.717) is 36.2 Å². The molecule has 11 heteroatoms. The Morgan fingerprint density at radius 3 is 2.41 bits per heavy atom. The summed E-state index contributed by atoms with van der Waals surface area (Å²) in [5, 5.41) is 5.77. The van der Waals surface area contributed by atoms with Crippen molar-refractivity contribution in [1.29, 1.82) is 0 Å². The van der Waals surface area contributed by atoms with Crippen LogP contribution in [0.4, 0.5) is 30.4 Å². The highest BCUT2D eigenvalue weighted by atomic mass is 19.2. The molecule has 37 heavy (non-hydrogen) atoms. The number of nitrogens with zero attached hydrogens (tertiary/aromatic N) is 2. The maximum Gasteiger partial charge on any atom is 0.253 e. The molecule has 4 rings (SSSR count). The maximum absolute atomic E-state index is 14.0. The number of hydrogen-bond donors (Lipinski definition) is 3. The Bertz CT molecular complexity index is 1300. The molecule has 1 saturated heterocycles. The summed E-state index contributed by atoms with van der Waals surface area (Å²) in [4.78, 5) is 30.6. The predicted octanol–water partition coefficient (Wildman–Crippen LogP) is 4.20. The zero-order chi connectivity index (χ0) is 26.5. The van der Waals surface area contributed by atoms with Gasteiger partial charge in [-0.3, -0.25) is 9.59 Å². The SMILES string of the molecule is COC1CCN(C(=O)c2ccc(Nc3cc(NCc4c(F)ccc(F)c4F)c(C(N)=O)cn3)cc2)CC1. The van der Waals surface area contributed by atoms with Crippen LogP contribution in [0, 0.1) is 17.5 Å². The number of benzene rings is 2. The van der Waals surface area contributed by atoms with Crippen molar-refractivity contribution in [3.8, 4) is 0 Å². The van der Waals surface area contributed by atoms with Gasteiger partial charge in [-0.25, -0.2) is 18.2 Å². The Hall–Kier alpha value is -4.12. The van der Waals surface area contributed by atoms with Crippen molar-refractivity contribution in [3.63, 3.8) is 0 Å². The number of carbonyl (C=O) groups excluding carboxylic acids is 2. The van der Waals surface area contributed by atoms with Crippen molar-refractivity contribution < 1.29 is 27.5 Å². The lowest BCUT2D eigenvalue weighted by Crippen LogP contribution is -2.40. The van der Waals surface area contributed by atoms with Crippen molar-refractivity contribution >= 4 is 29.0 Å². The number of likely N-dealkylation sites (tertiary alicyclic amines) is 1. The first kappa shape index (κ1) is 26.0. The number of methoxy groups -OCH3 is 1. The molecule has 1 aliphatic rings. The molecular formula is C26H26F3N5O3. The maximum atomic E-state index is 14.0. The van der Waals surface area contributed by atoms with Crippen molar-refractivity contribution in [3.05, 3.63) is 82.8 Å². The van der Waals surface area contributed by atoms with Gasteiger partial charge in [-0.15, -0.1) is 0 Å². The Morgan fingerprint density at radius 2 is 1.76 bits per heavy atom. The lowest BCUT2D eigenvalue weighted by Gasteiger charge is -2.31. The Kier molecular flexibility index (Phi) is 7.92. The van der Waals surface area contributed by atoms with Crippen LogP contribution in [-0.2, 0) is 11.3 Å². The first-order valence-electron chi connectivity index (χ1n) is 11.6. The molecule has 1 aliphatic heterocycles. The number of rotatable bonds is 8. The van der Waals surface area contributed by atoms with E-state index in [1.54, 1.807) is 36.3 Å². The zero-order valence-corrected chi connectivity index (χ0v) is 20.1. The first-order valence-corrected chi connectivity index (χ1v) is 11.6. The smallest absolute Gasteiger partial charge is 0.253 e. The van der Waals surface area contributed by atoms with Crippen LogP contribution in [0.3, 0.4) is 0 Å². The van der Waals surface area contributed by atoms with Gasteiger partial charge in [-0.05, 0) is 49.2 Å². The van der Waals surface area contributed by atoms with Crippen LogP contribution in [0.25, 0.3) is 0 Å². The summed E-state index contributed by atoms with van der Waals surface area (Å²) in [5.74, 6) is -4.01. The normalized spacial score (nSPS) is 13.9. The second kappa shape index (κ2) is 11.3. The highest BCUT2D eigenvalue weighted by Crippen LogP contribution is 2.24. The molecule has 2 aromatic carbocycles. The fraction of sp³-hybridized carbons (Fsp3) is 0.269. The van der Waals surface area contributed by atoms with Gasteiger partial charge < -0.3 is 26.0 Å². The van der Waals surface area contributed by atoms with E-state index in [1.807, 2.05) is 0 Å². The van der Waals surface area contributed by atoms with Gasteiger partial charge in [-0.2, -0.15) is 0 Å². The lowest BCUT2D eigenvalue weighted by atomic mass is 10.1. The molecule has 0 aliphatic carbocycles. The van der Waals surface area contributed by atoms with Gasteiger partial charge in [0.15, 0.2) is 11.6 Å². The molecule has 0 spiro atoms. The minimum Gasteiger partial charge on any atom is -0.381 e. The fourth-order valence-electron chi connectivity index (χ4n) is 4.10. The van der Waals surface area contributed by atoms with Crippen molar-refractivity contribution in [2.24, 2.45) is 5.73 Å². The molecule has 1 aromatic heterocycles. The number of piperidine rings is 1. The average Bonchev–Trinajstić information content (AvgIpc) is 2.91. The number of anilines is 3. The van der Waals surface area contributed by atoms with Gasteiger partial charge in [0.1, 0.15) is 11.6 Å². The van der Waals surface area contributed by atoms with E-state index in [0.717, 1.165) is 18.9 Å². The van der Waals surface area contributed by atoms with Crippen LogP contribution in [0.5, 0.6) is 0 Å². The van der Waals surface area contributed by atoms with Crippen LogP contribution in [0.2, 0.25) is 0 Å². The summed E-state index contributed by atoms with van der Waals surface area (Å²) in [5.41, 5.74) is 6.18. The molecule has 0 atom stereocenters. The summed E-state index contributed by atoms with van der Waals surface area (Å²) in [6, 6.07) is 9.76. The minimum absolute atomic E-state index is 0.0130. The number of carbonyl (C=O) groups is 2. The standard InChI is InChI=1S/C26H26F3N5O3/c1-37-17-8-10-34(11-9-17)26(36)15-2-4-16(5-3-15)33-23-12-22(19(14-32-23)25(30)35)31-13-18-20(27)6-7-21(28)24(18)29/h2-7,12,14,17H,8-11,13H2,1H3,(H2,30,35)(H2,31,32,33). The summed E-state index contributed by atoms with van der Waals surface area (Å²) in [6.07, 6.45) is 2.98. The van der Waals surface area contributed by atoms with Crippen molar-refractivity contribution in [2.75, 3.05) is 30.8 Å². The van der Waals surface area contributed by atoms with E-state index < -0.39 is 35.5 Å². The number of nitrogens with one attached hydrogen (secondary N) is 2. The average molecular weight is 514 g/mol. The zero-order valence-electron chi connectivity index (χ0n) is 20.1. The van der Waals surface area contributed by atoms with Crippen LogP contribution in [0.15, 0.2) is 48.7 Å². The van der Waals surface area contributed by atoms with E-state index in [2.05, 4.69) is 15.6 Å². The van der Waals surface area contributed by atoms with E-state index >= 15 is 0 Å². The van der Waals surface area contributed by atoms with Gasteiger partial charge in [0.25, 0.3) is 11.8 Å². The summed E-state index contributed by atoms with van der Waals surface area (Å²) < 4.78 is 46.9. The molecule has 4 N–H and O–H groups in total. The molecule has 2 amide bonds. The van der Waals surface area contributed by atoms with Crippen molar-refractivity contribution in [2.45, 2.75) is 25.5 Å². The molecule has 3 aromatic rings. The summed E-state index contributed by atoms with van der Waals surface area (Å²) in [7, 11) is 1.67. The number of pyridine rings is 1. The fourth-order valence-corrected chi connectivity index (χ4v) is 4.10. The minimum atomic E-state index is -1.32. The van der Waals surface area contributed by atoms with E-state index in [9.17, 15) is 22.8 Å². The lowest BCUT2D eigenvalue weighted by molar-refractivity contribution is 0.0350. The Morgan fingerprint density at radius 1 is 1.08 bits per heavy atom. The van der Waals surface area contributed by atoms with E-state index in [1.165, 1.54) is 12.3 Å². The number of nitrogens with two attached hydrogens (primary N) is 1. The van der Waals surface area contributed by atoms with Crippen LogP contribution >= 0.6 is 0 Å². The highest BCUT2D eigenvalue weighted by Gasteiger charge is 2.23. The first-order chi connectivity index (χ1) is 17.8. The molecule has 0 saturated carbocycles. The van der Waals surface area contributed by atoms with Gasteiger partial charge in [0.05, 0.1) is 17.4 Å². The molecular weight excluding hydrogens is 487 g/mol. The van der Waals surface area contributed by atoms with Crippen LogP contribution < -0.4 is 16.4 Å². The number of primary amides is 1. The Labute approximate surface area is 211 Å². The molecule has 0 bridgehead atoms. The molecule has 8 nitrogen and oxygen atoms in total. The van der Waals surface area contributed by atoms with E-state index in [4.69, 9.17) is 10.5 Å². The van der Waals surface area contributed by atoms with Gasteiger partial charge in [0.2, 0.25) is 0 Å². The summed E-state index contributed by atoms with van der Waals surface area (Å²) >= 11 is 0. The summed E-state index contributed by atoms with van der Waals surface area (Å²) in [6.45, 7) is 0.830. The quantitative estimate of drug-likeness (QED) is 0.390. The topological polar surface area (TPSA) is 110 Å². The molecule has 0 radical (unpaired) electrons. The predicted molar refractivity (Wildman–Crippen MR) is 132 cm³/mol. The number of hydrogen-bond acceptors (Lipinski definition) is 6. The third-order valence-electron chi connectivity index (χ3n) is 6.23. The number of amides is 2. The monoisotopic (exact) mass is 513 g/mol. The van der Waals surface area contributed by atoms with Crippen molar-refractivity contribution in [1.82, 2.24) is 9.88 Å². The van der Waals surface area contributed by atoms with Crippen LogP contribution in [-0.4, -0.2) is 48.0 Å². The van der Waals surface area contributed by atoms with Gasteiger partial charge >= 0.3 is 0 Å². The Balaban J connectivity index is 1.46. The number of ether oxygens (including phenoxy) is 1. The number of halogens is 3. The molecule has 2 heterocycles. The van der Waals surface area contributed by atoms with Crippen LogP contribution in [0.1, 0.15) is 39.1 Å². The largest absolute Gasteiger partial charge is 0.381 e. The second-order valence-corrected chi connectivity index (χ2v) is 8.58. The third kappa shape index (κ3) is 6.00. The van der Waals surface area contributed by atoms with Gasteiger partial charge in [-0.1, -0.05) is 0 Å². The molecule has 1 fully saturated rings. The number of aromatic nitrogens is 1.